The van der Waals surface area contributed by atoms with Gasteiger partial charge in [0.05, 0.1) is 5.75 Å². The van der Waals surface area contributed by atoms with Gasteiger partial charge in [0.25, 0.3) is 0 Å². The van der Waals surface area contributed by atoms with Crippen molar-refractivity contribution >= 4 is 10.0 Å². The van der Waals surface area contributed by atoms with Gasteiger partial charge in [-0.05, 0) is 52.4 Å². The van der Waals surface area contributed by atoms with Crippen LogP contribution in [0.2, 0.25) is 0 Å². The summed E-state index contributed by atoms with van der Waals surface area (Å²) >= 11 is 0. The molecule has 0 aromatic rings. The normalized spacial score (nSPS) is 21.9. The Kier molecular flexibility index (Phi) is 6.55. The van der Waals surface area contributed by atoms with Crippen LogP contribution in [0.4, 0.5) is 0 Å². The molecule has 0 aromatic heterocycles. The predicted molar refractivity (Wildman–Crippen MR) is 75.2 cm³/mol. The van der Waals surface area contributed by atoms with Crippen molar-refractivity contribution in [1.82, 2.24) is 14.5 Å². The van der Waals surface area contributed by atoms with Gasteiger partial charge in [-0.3, -0.25) is 0 Å². The molecule has 0 bridgehead atoms. The average molecular weight is 277 g/mol. The van der Waals surface area contributed by atoms with Crippen LogP contribution in [-0.4, -0.2) is 70.7 Å². The first kappa shape index (κ1) is 15.9. The maximum absolute atomic E-state index is 12.1. The fraction of sp³-hybridized carbons (Fsp3) is 1.00. The molecule has 0 aliphatic carbocycles. The molecule has 1 heterocycles. The molecular weight excluding hydrogens is 250 g/mol. The Hall–Kier alpha value is -0.170. The van der Waals surface area contributed by atoms with Crippen LogP contribution in [0.3, 0.4) is 0 Å². The lowest BCUT2D eigenvalue weighted by molar-refractivity contribution is 0.356. The molecule has 0 amide bonds. The minimum Gasteiger partial charge on any atom is -0.320 e. The number of rotatable bonds is 8. The minimum absolute atomic E-state index is 0.272. The first-order valence-corrected chi connectivity index (χ1v) is 8.34. The minimum atomic E-state index is -3.06. The third-order valence-electron chi connectivity index (χ3n) is 3.56. The number of sulfonamides is 1. The monoisotopic (exact) mass is 277 g/mol. The Morgan fingerprint density at radius 1 is 1.39 bits per heavy atom. The number of hydrogen-bond donors (Lipinski definition) is 1. The molecule has 1 unspecified atom stereocenters. The molecule has 0 aromatic carbocycles. The van der Waals surface area contributed by atoms with E-state index in [2.05, 4.69) is 17.3 Å². The summed E-state index contributed by atoms with van der Waals surface area (Å²) in [6.45, 7) is 3.64. The van der Waals surface area contributed by atoms with Crippen molar-refractivity contribution < 1.29 is 8.42 Å². The molecule has 108 valence electrons. The van der Waals surface area contributed by atoms with E-state index in [-0.39, 0.29) is 5.75 Å². The summed E-state index contributed by atoms with van der Waals surface area (Å²) in [4.78, 5) is 2.26. The summed E-state index contributed by atoms with van der Waals surface area (Å²) in [5, 5.41) is 3.03. The predicted octanol–water partition coefficient (Wildman–Crippen LogP) is 0.199. The van der Waals surface area contributed by atoms with Crippen LogP contribution < -0.4 is 5.32 Å². The van der Waals surface area contributed by atoms with Gasteiger partial charge in [0.1, 0.15) is 0 Å². The zero-order chi connectivity index (χ0) is 13.6. The average Bonchev–Trinajstić information content (AvgIpc) is 2.70. The molecule has 0 saturated carbocycles. The quantitative estimate of drug-likeness (QED) is 0.644. The highest BCUT2D eigenvalue weighted by molar-refractivity contribution is 7.89. The summed E-state index contributed by atoms with van der Waals surface area (Å²) in [5.74, 6) is 0.764. The second-order valence-electron chi connectivity index (χ2n) is 5.32. The van der Waals surface area contributed by atoms with Gasteiger partial charge in [0, 0.05) is 20.1 Å². The zero-order valence-electron chi connectivity index (χ0n) is 11.9. The highest BCUT2D eigenvalue weighted by Crippen LogP contribution is 2.16. The van der Waals surface area contributed by atoms with Crippen LogP contribution >= 0.6 is 0 Å². The van der Waals surface area contributed by atoms with Crippen molar-refractivity contribution in [2.45, 2.75) is 19.3 Å². The number of unbranched alkanes of at least 4 members (excludes halogenated alkanes) is 1. The van der Waals surface area contributed by atoms with E-state index in [1.54, 1.807) is 11.4 Å². The largest absolute Gasteiger partial charge is 0.320 e. The molecule has 1 fully saturated rings. The van der Waals surface area contributed by atoms with Crippen molar-refractivity contribution in [2.24, 2.45) is 5.92 Å². The fourth-order valence-corrected chi connectivity index (χ4v) is 3.71. The van der Waals surface area contributed by atoms with Crippen molar-refractivity contribution in [3.05, 3.63) is 0 Å². The fourth-order valence-electron chi connectivity index (χ4n) is 2.39. The van der Waals surface area contributed by atoms with Crippen molar-refractivity contribution in [2.75, 3.05) is 53.1 Å². The molecule has 1 N–H and O–H groups in total. The van der Waals surface area contributed by atoms with Crippen molar-refractivity contribution in [1.29, 1.82) is 0 Å². The number of nitrogens with zero attached hydrogens (tertiary/aromatic N) is 2. The third kappa shape index (κ3) is 5.22. The SMILES string of the molecule is CNCCCCS(=O)(=O)N(C)CC1CCN(C)C1. The number of likely N-dealkylation sites (tertiary alicyclic amines) is 1. The highest BCUT2D eigenvalue weighted by Gasteiger charge is 2.25. The van der Waals surface area contributed by atoms with Gasteiger partial charge in [-0.1, -0.05) is 0 Å². The van der Waals surface area contributed by atoms with Crippen LogP contribution in [0.1, 0.15) is 19.3 Å². The zero-order valence-corrected chi connectivity index (χ0v) is 12.7. The van der Waals surface area contributed by atoms with Gasteiger partial charge >= 0.3 is 0 Å². The Bertz CT molecular complexity index is 332. The molecule has 1 aliphatic rings. The van der Waals surface area contributed by atoms with E-state index in [1.165, 1.54) is 0 Å². The third-order valence-corrected chi connectivity index (χ3v) is 5.46. The van der Waals surface area contributed by atoms with Crippen LogP contribution in [0.15, 0.2) is 0 Å². The maximum atomic E-state index is 12.1. The molecular formula is C12H27N3O2S. The van der Waals surface area contributed by atoms with Crippen LogP contribution in [-0.2, 0) is 10.0 Å². The maximum Gasteiger partial charge on any atom is 0.213 e. The van der Waals surface area contributed by atoms with Crippen LogP contribution in [0.25, 0.3) is 0 Å². The van der Waals surface area contributed by atoms with E-state index in [0.29, 0.717) is 12.5 Å². The van der Waals surface area contributed by atoms with Gasteiger partial charge in [-0.2, -0.15) is 0 Å². The topological polar surface area (TPSA) is 52.7 Å². The first-order valence-electron chi connectivity index (χ1n) is 6.73. The number of nitrogens with one attached hydrogen (secondary N) is 1. The van der Waals surface area contributed by atoms with E-state index in [0.717, 1.165) is 38.9 Å². The molecule has 0 spiro atoms. The van der Waals surface area contributed by atoms with Gasteiger partial charge in [-0.15, -0.1) is 0 Å². The van der Waals surface area contributed by atoms with Gasteiger partial charge in [0.15, 0.2) is 0 Å². The van der Waals surface area contributed by atoms with Crippen molar-refractivity contribution in [3.63, 3.8) is 0 Å². The standard InChI is InChI=1S/C12H27N3O2S/c1-13-7-4-5-9-18(16,17)15(3)11-12-6-8-14(2)10-12/h12-13H,4-11H2,1-3H3. The van der Waals surface area contributed by atoms with Gasteiger partial charge in [0.2, 0.25) is 10.0 Å². The lowest BCUT2D eigenvalue weighted by Crippen LogP contribution is -2.34. The summed E-state index contributed by atoms with van der Waals surface area (Å²) in [6.07, 6.45) is 2.75. The molecule has 1 atom stereocenters. The smallest absolute Gasteiger partial charge is 0.213 e. The van der Waals surface area contributed by atoms with E-state index < -0.39 is 10.0 Å². The summed E-state index contributed by atoms with van der Waals surface area (Å²) in [5.41, 5.74) is 0. The first-order chi connectivity index (χ1) is 8.45. The van der Waals surface area contributed by atoms with Gasteiger partial charge in [-0.25, -0.2) is 12.7 Å². The Labute approximate surface area is 112 Å². The van der Waals surface area contributed by atoms with E-state index in [1.807, 2.05) is 7.05 Å². The lowest BCUT2D eigenvalue weighted by atomic mass is 10.1. The molecule has 6 heteroatoms. The van der Waals surface area contributed by atoms with E-state index in [4.69, 9.17) is 0 Å². The summed E-state index contributed by atoms with van der Waals surface area (Å²) in [6, 6.07) is 0. The van der Waals surface area contributed by atoms with Gasteiger partial charge < -0.3 is 10.2 Å². The van der Waals surface area contributed by atoms with Crippen molar-refractivity contribution in [3.8, 4) is 0 Å². The second kappa shape index (κ2) is 7.43. The molecule has 5 nitrogen and oxygen atoms in total. The molecule has 1 aliphatic heterocycles. The van der Waals surface area contributed by atoms with Crippen LogP contribution in [0.5, 0.6) is 0 Å². The second-order valence-corrected chi connectivity index (χ2v) is 7.52. The molecule has 1 rings (SSSR count). The van der Waals surface area contributed by atoms with E-state index in [9.17, 15) is 8.42 Å². The molecule has 0 radical (unpaired) electrons. The van der Waals surface area contributed by atoms with Crippen LogP contribution in [0, 0.1) is 5.92 Å². The Morgan fingerprint density at radius 2 is 2.11 bits per heavy atom. The number of hydrogen-bond acceptors (Lipinski definition) is 4. The lowest BCUT2D eigenvalue weighted by Gasteiger charge is -2.20. The Morgan fingerprint density at radius 3 is 2.67 bits per heavy atom. The molecule has 1 saturated heterocycles. The molecule has 18 heavy (non-hydrogen) atoms. The Balaban J connectivity index is 2.32. The summed E-state index contributed by atoms with van der Waals surface area (Å²) in [7, 11) is 2.63. The van der Waals surface area contributed by atoms with E-state index >= 15 is 0 Å². The summed E-state index contributed by atoms with van der Waals surface area (Å²) < 4.78 is 25.7. The highest BCUT2D eigenvalue weighted by atomic mass is 32.2.